The van der Waals surface area contributed by atoms with Crippen LogP contribution in [0.2, 0.25) is 5.02 Å². The van der Waals surface area contributed by atoms with Gasteiger partial charge < -0.3 is 9.84 Å². The van der Waals surface area contributed by atoms with Gasteiger partial charge in [-0.05, 0) is 24.1 Å². The molecule has 1 fully saturated rings. The van der Waals surface area contributed by atoms with Crippen LogP contribution in [0.5, 0.6) is 0 Å². The Morgan fingerprint density at radius 3 is 2.60 bits per heavy atom. The van der Waals surface area contributed by atoms with Gasteiger partial charge in [0.1, 0.15) is 0 Å². The number of halogens is 1. The van der Waals surface area contributed by atoms with E-state index in [0.717, 1.165) is 16.1 Å². The third-order valence-corrected chi connectivity index (χ3v) is 3.44. The third-order valence-electron chi connectivity index (χ3n) is 3.02. The number of aliphatic hydroxyl groups is 1. The summed E-state index contributed by atoms with van der Waals surface area (Å²) in [6, 6.07) is 5.72. The maximum absolute atomic E-state index is 10.4. The zero-order valence-electron chi connectivity index (χ0n) is 8.79. The Balaban J connectivity index is 2.31. The summed E-state index contributed by atoms with van der Waals surface area (Å²) in [6.45, 7) is 3.20. The molecule has 82 valence electrons. The van der Waals surface area contributed by atoms with Crippen molar-refractivity contribution in [2.45, 2.75) is 25.4 Å². The summed E-state index contributed by atoms with van der Waals surface area (Å²) in [5.41, 5.74) is 1.23. The van der Waals surface area contributed by atoms with E-state index >= 15 is 0 Å². The molecule has 1 aromatic rings. The summed E-state index contributed by atoms with van der Waals surface area (Å²) in [4.78, 5) is 0. The number of hydrogen-bond acceptors (Lipinski definition) is 2. The molecule has 3 heteroatoms. The molecule has 0 atom stereocenters. The van der Waals surface area contributed by atoms with Gasteiger partial charge in [-0.1, -0.05) is 23.7 Å². The lowest BCUT2D eigenvalue weighted by molar-refractivity contribution is -0.0679. The molecule has 1 aromatic carbocycles. The summed E-state index contributed by atoms with van der Waals surface area (Å²) < 4.78 is 5.25. The maximum atomic E-state index is 10.4. The van der Waals surface area contributed by atoms with Crippen molar-refractivity contribution in [2.75, 3.05) is 13.2 Å². The van der Waals surface area contributed by atoms with Crippen molar-refractivity contribution in [1.82, 2.24) is 0 Å². The molecule has 1 heterocycles. The zero-order chi connectivity index (χ0) is 10.9. The topological polar surface area (TPSA) is 29.5 Å². The first-order valence-corrected chi connectivity index (χ1v) is 5.56. The van der Waals surface area contributed by atoms with Gasteiger partial charge in [-0.25, -0.2) is 0 Å². The predicted octanol–water partition coefficient (Wildman–Crippen LogP) is 2.65. The fraction of sp³-hybridized carbons (Fsp3) is 0.500. The minimum atomic E-state index is -0.729. The summed E-state index contributed by atoms with van der Waals surface area (Å²) in [5, 5.41) is 11.2. The molecule has 15 heavy (non-hydrogen) atoms. The molecule has 1 saturated heterocycles. The van der Waals surface area contributed by atoms with Gasteiger partial charge in [0.25, 0.3) is 0 Å². The summed E-state index contributed by atoms with van der Waals surface area (Å²) in [7, 11) is 0. The first-order valence-electron chi connectivity index (χ1n) is 5.19. The van der Waals surface area contributed by atoms with Crippen molar-refractivity contribution in [2.24, 2.45) is 0 Å². The highest BCUT2D eigenvalue weighted by Gasteiger charge is 2.31. The van der Waals surface area contributed by atoms with E-state index in [-0.39, 0.29) is 0 Å². The summed E-state index contributed by atoms with van der Waals surface area (Å²) in [5.74, 6) is 0. The molecule has 1 N–H and O–H groups in total. The van der Waals surface area contributed by atoms with E-state index in [1.165, 1.54) is 0 Å². The molecule has 1 aliphatic heterocycles. The number of rotatable bonds is 1. The Morgan fingerprint density at radius 1 is 1.33 bits per heavy atom. The van der Waals surface area contributed by atoms with Crippen LogP contribution < -0.4 is 0 Å². The lowest BCUT2D eigenvalue weighted by Crippen LogP contribution is -2.33. The molecule has 1 aliphatic rings. The normalized spacial score (nSPS) is 20.2. The van der Waals surface area contributed by atoms with Crippen LogP contribution in [0.3, 0.4) is 0 Å². The van der Waals surface area contributed by atoms with Gasteiger partial charge in [0, 0.05) is 31.1 Å². The largest absolute Gasteiger partial charge is 0.385 e. The molecule has 0 amide bonds. The van der Waals surface area contributed by atoms with Crippen molar-refractivity contribution in [3.05, 3.63) is 34.3 Å². The monoisotopic (exact) mass is 226 g/mol. The zero-order valence-corrected chi connectivity index (χ0v) is 9.55. The average molecular weight is 227 g/mol. The van der Waals surface area contributed by atoms with Crippen LogP contribution in [0.4, 0.5) is 0 Å². The molecule has 2 rings (SSSR count). The Labute approximate surface area is 94.8 Å². The highest BCUT2D eigenvalue weighted by molar-refractivity contribution is 6.31. The average Bonchev–Trinajstić information content (AvgIpc) is 2.23. The van der Waals surface area contributed by atoms with Gasteiger partial charge in [0.15, 0.2) is 0 Å². The number of aryl methyl sites for hydroxylation is 1. The van der Waals surface area contributed by atoms with Gasteiger partial charge in [-0.2, -0.15) is 0 Å². The smallest absolute Gasteiger partial charge is 0.0940 e. The molecule has 0 aliphatic carbocycles. The third kappa shape index (κ3) is 2.17. The fourth-order valence-electron chi connectivity index (χ4n) is 1.93. The molecule has 0 aromatic heterocycles. The Morgan fingerprint density at radius 2 is 2.00 bits per heavy atom. The van der Waals surface area contributed by atoms with Crippen molar-refractivity contribution in [3.8, 4) is 0 Å². The van der Waals surface area contributed by atoms with E-state index in [1.807, 2.05) is 25.1 Å². The minimum Gasteiger partial charge on any atom is -0.385 e. The van der Waals surface area contributed by atoms with Crippen LogP contribution in [0.15, 0.2) is 18.2 Å². The van der Waals surface area contributed by atoms with Gasteiger partial charge >= 0.3 is 0 Å². The molecule has 0 unspecified atom stereocenters. The second-order valence-corrected chi connectivity index (χ2v) is 4.52. The molecular formula is C12H15ClO2. The first-order chi connectivity index (χ1) is 7.12. The van der Waals surface area contributed by atoms with Crippen LogP contribution in [-0.2, 0) is 10.3 Å². The quantitative estimate of drug-likeness (QED) is 0.798. The van der Waals surface area contributed by atoms with Crippen LogP contribution >= 0.6 is 11.6 Å². The second-order valence-electron chi connectivity index (χ2n) is 4.11. The van der Waals surface area contributed by atoms with Crippen LogP contribution in [0.1, 0.15) is 24.0 Å². The minimum absolute atomic E-state index is 0.623. The predicted molar refractivity (Wildman–Crippen MR) is 60.1 cm³/mol. The maximum Gasteiger partial charge on any atom is 0.0940 e. The Hall–Kier alpha value is -0.570. The van der Waals surface area contributed by atoms with Crippen molar-refractivity contribution in [3.63, 3.8) is 0 Å². The van der Waals surface area contributed by atoms with Crippen molar-refractivity contribution in [1.29, 1.82) is 0 Å². The second kappa shape index (κ2) is 4.12. The molecule has 0 bridgehead atoms. The fourth-order valence-corrected chi connectivity index (χ4v) is 2.05. The molecule has 2 nitrogen and oxygen atoms in total. The number of ether oxygens (including phenoxy) is 1. The Kier molecular flexibility index (Phi) is 3.01. The van der Waals surface area contributed by atoms with Crippen molar-refractivity contribution >= 4 is 11.6 Å². The van der Waals surface area contributed by atoms with Gasteiger partial charge in [0.05, 0.1) is 5.60 Å². The van der Waals surface area contributed by atoms with Crippen LogP contribution in [0, 0.1) is 6.92 Å². The van der Waals surface area contributed by atoms with E-state index < -0.39 is 5.60 Å². The van der Waals surface area contributed by atoms with Gasteiger partial charge in [-0.15, -0.1) is 0 Å². The standard InChI is InChI=1S/C12H15ClO2/c1-9-8-10(2-3-11(9)13)12(14)4-6-15-7-5-12/h2-3,8,14H,4-7H2,1H3. The van der Waals surface area contributed by atoms with E-state index in [1.54, 1.807) is 0 Å². The summed E-state index contributed by atoms with van der Waals surface area (Å²) in [6.07, 6.45) is 1.32. The van der Waals surface area contributed by atoms with E-state index in [4.69, 9.17) is 16.3 Å². The van der Waals surface area contributed by atoms with Crippen molar-refractivity contribution < 1.29 is 9.84 Å². The molecule has 0 saturated carbocycles. The molecule has 0 spiro atoms. The summed E-state index contributed by atoms with van der Waals surface area (Å²) >= 11 is 5.96. The van der Waals surface area contributed by atoms with Gasteiger partial charge in [0.2, 0.25) is 0 Å². The van der Waals surface area contributed by atoms with E-state index in [9.17, 15) is 5.11 Å². The SMILES string of the molecule is Cc1cc(C2(O)CCOCC2)ccc1Cl. The first kappa shape index (κ1) is 10.9. The number of hydrogen-bond donors (Lipinski definition) is 1. The van der Waals surface area contributed by atoms with Crippen LogP contribution in [-0.4, -0.2) is 18.3 Å². The lowest BCUT2D eigenvalue weighted by Gasteiger charge is -2.32. The van der Waals surface area contributed by atoms with E-state index in [0.29, 0.717) is 26.1 Å². The molecule has 0 radical (unpaired) electrons. The highest BCUT2D eigenvalue weighted by atomic mass is 35.5. The Bertz CT molecular complexity index is 357. The van der Waals surface area contributed by atoms with Gasteiger partial charge in [-0.3, -0.25) is 0 Å². The highest BCUT2D eigenvalue weighted by Crippen LogP contribution is 2.33. The van der Waals surface area contributed by atoms with E-state index in [2.05, 4.69) is 0 Å². The van der Waals surface area contributed by atoms with Crippen LogP contribution in [0.25, 0.3) is 0 Å². The number of benzene rings is 1. The lowest BCUT2D eigenvalue weighted by atomic mass is 9.86. The molecular weight excluding hydrogens is 212 g/mol.